The van der Waals surface area contributed by atoms with Crippen LogP contribution in [-0.4, -0.2) is 42.0 Å². The van der Waals surface area contributed by atoms with Gasteiger partial charge in [-0.15, -0.1) is 0 Å². The normalized spacial score (nSPS) is 20.6. The largest absolute Gasteiger partial charge is 0.370 e. The Labute approximate surface area is 127 Å². The summed E-state index contributed by atoms with van der Waals surface area (Å²) in [5.74, 6) is 0.960. The van der Waals surface area contributed by atoms with Crippen molar-refractivity contribution in [1.82, 2.24) is 9.88 Å². The maximum absolute atomic E-state index is 12.6. The summed E-state index contributed by atoms with van der Waals surface area (Å²) < 4.78 is 0. The molecule has 1 aromatic rings. The molecule has 3 rings (SSSR count). The molecule has 3 heterocycles. The topological polar surface area (TPSA) is 36.4 Å². The minimum atomic E-state index is 0.148. The van der Waals surface area contributed by atoms with Crippen LogP contribution in [0.1, 0.15) is 49.4 Å². The minimum absolute atomic E-state index is 0.148. The quantitative estimate of drug-likeness (QED) is 0.839. The number of aromatic nitrogens is 1. The third kappa shape index (κ3) is 3.36. The lowest BCUT2D eigenvalue weighted by Gasteiger charge is -2.32. The zero-order chi connectivity index (χ0) is 14.7. The van der Waals surface area contributed by atoms with Crippen molar-refractivity contribution in [2.24, 2.45) is 5.92 Å². The van der Waals surface area contributed by atoms with Crippen molar-refractivity contribution in [3.8, 4) is 0 Å². The summed E-state index contributed by atoms with van der Waals surface area (Å²) in [6.45, 7) is 6.24. The molecule has 4 nitrogen and oxygen atoms in total. The van der Waals surface area contributed by atoms with E-state index in [0.717, 1.165) is 56.2 Å². The van der Waals surface area contributed by atoms with Crippen molar-refractivity contribution in [3.63, 3.8) is 0 Å². The van der Waals surface area contributed by atoms with Gasteiger partial charge in [0.15, 0.2) is 0 Å². The Kier molecular flexibility index (Phi) is 4.42. The van der Waals surface area contributed by atoms with Gasteiger partial charge in [-0.1, -0.05) is 6.92 Å². The van der Waals surface area contributed by atoms with Crippen LogP contribution in [0, 0.1) is 5.92 Å². The third-order valence-electron chi connectivity index (χ3n) is 4.76. The van der Waals surface area contributed by atoms with Crippen LogP contribution in [0.2, 0.25) is 0 Å². The predicted octanol–water partition coefficient (Wildman–Crippen LogP) is 2.94. The number of hydrogen-bond donors (Lipinski definition) is 0. The molecule has 2 aliphatic rings. The first-order valence-electron chi connectivity index (χ1n) is 8.23. The van der Waals surface area contributed by atoms with Crippen LogP contribution in [0.3, 0.4) is 0 Å². The van der Waals surface area contributed by atoms with Gasteiger partial charge in [0.2, 0.25) is 0 Å². The summed E-state index contributed by atoms with van der Waals surface area (Å²) in [6, 6.07) is 2.03. The van der Waals surface area contributed by atoms with Crippen LogP contribution >= 0.6 is 0 Å². The molecule has 0 aromatic carbocycles. The minimum Gasteiger partial charge on any atom is -0.370 e. The van der Waals surface area contributed by atoms with Gasteiger partial charge in [0.05, 0.1) is 17.4 Å². The van der Waals surface area contributed by atoms with E-state index in [1.807, 2.05) is 17.2 Å². The lowest BCUT2D eigenvalue weighted by atomic mass is 9.99. The lowest BCUT2D eigenvalue weighted by Crippen LogP contribution is -2.36. The van der Waals surface area contributed by atoms with Gasteiger partial charge in [-0.2, -0.15) is 0 Å². The Morgan fingerprint density at radius 1 is 1.10 bits per heavy atom. The first kappa shape index (κ1) is 14.4. The summed E-state index contributed by atoms with van der Waals surface area (Å²) in [7, 11) is 0. The Morgan fingerprint density at radius 3 is 2.52 bits per heavy atom. The Hall–Kier alpha value is -1.58. The van der Waals surface area contributed by atoms with E-state index in [2.05, 4.69) is 16.8 Å². The van der Waals surface area contributed by atoms with Gasteiger partial charge >= 0.3 is 0 Å². The molecule has 114 valence electrons. The molecule has 0 aliphatic carbocycles. The molecular formula is C17H25N3O. The second-order valence-electron chi connectivity index (χ2n) is 6.45. The molecular weight excluding hydrogens is 262 g/mol. The third-order valence-corrected chi connectivity index (χ3v) is 4.76. The van der Waals surface area contributed by atoms with E-state index in [0.29, 0.717) is 0 Å². The number of nitrogens with zero attached hydrogens (tertiary/aromatic N) is 3. The van der Waals surface area contributed by atoms with Crippen molar-refractivity contribution in [3.05, 3.63) is 24.0 Å². The van der Waals surface area contributed by atoms with Gasteiger partial charge in [-0.25, -0.2) is 0 Å². The average molecular weight is 287 g/mol. The standard InChI is InChI=1S/C17H25N3O/c1-14-5-9-19(10-6-14)16-11-15(12-18-13-16)17(21)20-7-3-2-4-8-20/h11-14H,2-10H2,1H3. The van der Waals surface area contributed by atoms with E-state index in [-0.39, 0.29) is 5.91 Å². The molecule has 0 radical (unpaired) electrons. The first-order chi connectivity index (χ1) is 10.2. The molecule has 0 spiro atoms. The number of carbonyl (C=O) groups is 1. The number of pyridine rings is 1. The first-order valence-corrected chi connectivity index (χ1v) is 8.23. The summed E-state index contributed by atoms with van der Waals surface area (Å²) >= 11 is 0. The van der Waals surface area contributed by atoms with Crippen molar-refractivity contribution in [1.29, 1.82) is 0 Å². The fraction of sp³-hybridized carbons (Fsp3) is 0.647. The van der Waals surface area contributed by atoms with Crippen LogP contribution in [0.4, 0.5) is 5.69 Å². The molecule has 0 unspecified atom stereocenters. The number of amides is 1. The number of anilines is 1. The van der Waals surface area contributed by atoms with Gasteiger partial charge < -0.3 is 9.80 Å². The van der Waals surface area contributed by atoms with Gasteiger partial charge in [0.1, 0.15) is 0 Å². The van der Waals surface area contributed by atoms with Crippen molar-refractivity contribution in [2.75, 3.05) is 31.1 Å². The lowest BCUT2D eigenvalue weighted by molar-refractivity contribution is 0.0724. The Bertz CT molecular complexity index is 489. The zero-order valence-corrected chi connectivity index (χ0v) is 12.9. The highest BCUT2D eigenvalue weighted by Gasteiger charge is 2.21. The van der Waals surface area contributed by atoms with Crippen molar-refractivity contribution in [2.45, 2.75) is 39.0 Å². The monoisotopic (exact) mass is 287 g/mol. The predicted molar refractivity (Wildman–Crippen MR) is 84.6 cm³/mol. The Balaban J connectivity index is 1.71. The van der Waals surface area contributed by atoms with Crippen LogP contribution in [0.25, 0.3) is 0 Å². The van der Waals surface area contributed by atoms with Gasteiger partial charge in [-0.05, 0) is 44.1 Å². The number of rotatable bonds is 2. The smallest absolute Gasteiger partial charge is 0.255 e. The van der Waals surface area contributed by atoms with Gasteiger partial charge in [0, 0.05) is 32.4 Å². The van der Waals surface area contributed by atoms with E-state index >= 15 is 0 Å². The summed E-state index contributed by atoms with van der Waals surface area (Å²) in [6.07, 6.45) is 9.56. The molecule has 2 fully saturated rings. The molecule has 2 saturated heterocycles. The summed E-state index contributed by atoms with van der Waals surface area (Å²) in [5, 5.41) is 0. The molecule has 0 atom stereocenters. The van der Waals surface area contributed by atoms with E-state index in [9.17, 15) is 4.79 Å². The molecule has 21 heavy (non-hydrogen) atoms. The van der Waals surface area contributed by atoms with Crippen LogP contribution < -0.4 is 4.90 Å². The molecule has 0 bridgehead atoms. The molecule has 0 N–H and O–H groups in total. The zero-order valence-electron chi connectivity index (χ0n) is 12.9. The van der Waals surface area contributed by atoms with Gasteiger partial charge in [-0.3, -0.25) is 9.78 Å². The molecule has 1 aromatic heterocycles. The van der Waals surface area contributed by atoms with E-state index < -0.39 is 0 Å². The SMILES string of the molecule is CC1CCN(c2cncc(C(=O)N3CCCCC3)c2)CC1. The number of hydrogen-bond acceptors (Lipinski definition) is 3. The maximum atomic E-state index is 12.6. The summed E-state index contributed by atoms with van der Waals surface area (Å²) in [4.78, 5) is 21.2. The number of piperidine rings is 2. The van der Waals surface area contributed by atoms with Crippen LogP contribution in [0.5, 0.6) is 0 Å². The fourth-order valence-corrected chi connectivity index (χ4v) is 3.26. The van der Waals surface area contributed by atoms with E-state index in [1.54, 1.807) is 6.20 Å². The van der Waals surface area contributed by atoms with Crippen LogP contribution in [0.15, 0.2) is 18.5 Å². The second kappa shape index (κ2) is 6.46. The molecule has 4 heteroatoms. The second-order valence-corrected chi connectivity index (χ2v) is 6.45. The highest BCUT2D eigenvalue weighted by molar-refractivity contribution is 5.94. The Morgan fingerprint density at radius 2 is 1.81 bits per heavy atom. The maximum Gasteiger partial charge on any atom is 0.255 e. The molecule has 0 saturated carbocycles. The number of likely N-dealkylation sites (tertiary alicyclic amines) is 1. The molecule has 2 aliphatic heterocycles. The van der Waals surface area contributed by atoms with E-state index in [1.165, 1.54) is 19.3 Å². The number of carbonyl (C=O) groups excluding carboxylic acids is 1. The summed E-state index contributed by atoms with van der Waals surface area (Å²) in [5.41, 5.74) is 1.85. The van der Waals surface area contributed by atoms with Gasteiger partial charge in [0.25, 0.3) is 5.91 Å². The van der Waals surface area contributed by atoms with Crippen molar-refractivity contribution >= 4 is 11.6 Å². The van der Waals surface area contributed by atoms with E-state index in [4.69, 9.17) is 0 Å². The van der Waals surface area contributed by atoms with Crippen molar-refractivity contribution < 1.29 is 4.79 Å². The highest BCUT2D eigenvalue weighted by Crippen LogP contribution is 2.23. The average Bonchev–Trinajstić information content (AvgIpc) is 2.56. The van der Waals surface area contributed by atoms with Crippen LogP contribution in [-0.2, 0) is 0 Å². The highest BCUT2D eigenvalue weighted by atomic mass is 16.2. The molecule has 1 amide bonds. The fourth-order valence-electron chi connectivity index (χ4n) is 3.26.